The van der Waals surface area contributed by atoms with E-state index in [1.165, 1.54) is 143 Å². The first-order valence-corrected chi connectivity index (χ1v) is 33.0. The summed E-state index contributed by atoms with van der Waals surface area (Å²) in [4.78, 5) is 0. The summed E-state index contributed by atoms with van der Waals surface area (Å²) in [6.07, 6.45) is 21.1. The summed E-state index contributed by atoms with van der Waals surface area (Å²) in [7, 11) is 0. The summed E-state index contributed by atoms with van der Waals surface area (Å²) in [6, 6.07) is 5.04. The van der Waals surface area contributed by atoms with E-state index in [4.69, 9.17) is 14.2 Å². The third-order valence-electron chi connectivity index (χ3n) is 21.4. The molecule has 9 rings (SSSR count). The van der Waals surface area contributed by atoms with Gasteiger partial charge < -0.3 is 14.2 Å². The summed E-state index contributed by atoms with van der Waals surface area (Å²) in [5.74, 6) is -3.07. The molecule has 0 radical (unpaired) electrons. The molecule has 0 aliphatic heterocycles. The number of rotatable bonds is 19. The van der Waals surface area contributed by atoms with Gasteiger partial charge in [0.05, 0.1) is 17.8 Å². The average molecular weight is 1220 g/mol. The third-order valence-corrected chi connectivity index (χ3v) is 21.4. The smallest absolute Gasteiger partial charge is 0.400 e. The van der Waals surface area contributed by atoms with Crippen LogP contribution in [-0.4, -0.2) is 18.3 Å². The zero-order valence-corrected chi connectivity index (χ0v) is 51.6. The summed E-state index contributed by atoms with van der Waals surface area (Å²) < 4.78 is 184. The molecule has 0 atom stereocenters. The van der Waals surface area contributed by atoms with Crippen LogP contribution < -0.4 is 14.2 Å². The van der Waals surface area contributed by atoms with E-state index in [0.717, 1.165) is 92.7 Å². The molecule has 6 aliphatic rings. The lowest BCUT2D eigenvalue weighted by Gasteiger charge is -2.39. The lowest BCUT2D eigenvalue weighted by molar-refractivity contribution is -0.225. The fourth-order valence-electron chi connectivity index (χ4n) is 15.6. The molecular weight excluding hydrogens is 1120 g/mol. The molecule has 0 N–H and O–H groups in total. The average Bonchev–Trinajstić information content (AvgIpc) is 3.59. The molecule has 0 aromatic heterocycles. The Hall–Kier alpha value is -3.78. The predicted octanol–water partition coefficient (Wildman–Crippen LogP) is 23.4. The van der Waals surface area contributed by atoms with Crippen LogP contribution in [-0.2, 0) is 0 Å². The van der Waals surface area contributed by atoms with Crippen molar-refractivity contribution in [1.29, 1.82) is 0 Å². The first-order valence-electron chi connectivity index (χ1n) is 33.0. The number of unbranched alkanes of at least 4 members (excludes halogenated alkanes) is 2. The highest BCUT2D eigenvalue weighted by Gasteiger charge is 2.48. The van der Waals surface area contributed by atoms with E-state index >= 15 is 0 Å². The van der Waals surface area contributed by atoms with Gasteiger partial charge in [0.25, 0.3) is 0 Å². The SMILES string of the molecule is CCC1CCC(C2CCC(C(F)(F)Oc3cc(F)c(C)c(F)c3)CC2)CC1.CCCC1CCC(C2CCC(C(F)(F)Oc3cc(F)c(C)c(F)c3)CC2)CC1.CCCCCC1CCC(C2CCC(C(F)(F)Oc3cc(F)c(C)c(F)c3)CC2)CC1. The van der Waals surface area contributed by atoms with Crippen LogP contribution in [0, 0.1) is 127 Å². The maximum atomic E-state index is 14.7. The molecule has 0 amide bonds. The Bertz CT molecular complexity index is 2420. The molecule has 6 aliphatic carbocycles. The Morgan fingerprint density at radius 1 is 0.318 bits per heavy atom. The summed E-state index contributed by atoms with van der Waals surface area (Å²) in [5.41, 5.74) is -0.569. The van der Waals surface area contributed by atoms with E-state index in [2.05, 4.69) is 20.8 Å². The minimum Gasteiger partial charge on any atom is -0.432 e. The number of alkyl halides is 6. The minimum atomic E-state index is -3.41. The molecule has 0 unspecified atom stereocenters. The van der Waals surface area contributed by atoms with E-state index in [0.29, 0.717) is 74.0 Å². The van der Waals surface area contributed by atoms with Crippen LogP contribution in [0.4, 0.5) is 52.7 Å². The fraction of sp³-hybridized carbons (Fsp3) is 0.743. The maximum Gasteiger partial charge on any atom is 0.400 e. The van der Waals surface area contributed by atoms with Crippen molar-refractivity contribution in [2.24, 2.45) is 71.0 Å². The third kappa shape index (κ3) is 19.4. The van der Waals surface area contributed by atoms with Gasteiger partial charge in [-0.05, 0) is 190 Å². The molecular formula is C70H98F12O3. The number of hydrogen-bond acceptors (Lipinski definition) is 3. The van der Waals surface area contributed by atoms with Gasteiger partial charge in [-0.25, -0.2) is 26.3 Å². The Labute approximate surface area is 500 Å². The molecule has 480 valence electrons. The standard InChI is InChI=1S/C25H36F4O.C23H32F4O.C22H30F4O/c1-3-4-5-6-18-7-9-19(10-8-18)20-11-13-21(14-12-20)25(28,29)30-22-15-23(26)17(2)24(27)16-22;1-3-4-16-5-7-17(8-6-16)18-9-11-19(12-10-18)23(26,27)28-20-13-21(24)15(2)22(25)14-20;1-3-15-4-6-16(7-5-15)17-8-10-18(11-9-17)22(25,26)27-19-12-20(23)14(2)21(24)13-19/h15-16,18-21H,3-14H2,1-2H3;13-14,16-19H,3-12H2,1-2H3;12-13,15-18H,3-11H2,1-2H3. The van der Waals surface area contributed by atoms with Crippen LogP contribution in [0.15, 0.2) is 36.4 Å². The number of hydrogen-bond donors (Lipinski definition) is 0. The molecule has 3 aromatic rings. The lowest BCUT2D eigenvalue weighted by atomic mass is 9.68. The number of benzene rings is 3. The second-order valence-electron chi connectivity index (χ2n) is 26.9. The van der Waals surface area contributed by atoms with Crippen molar-refractivity contribution >= 4 is 0 Å². The molecule has 6 fully saturated rings. The zero-order chi connectivity index (χ0) is 61.6. The van der Waals surface area contributed by atoms with Gasteiger partial charge in [-0.2, -0.15) is 26.3 Å². The molecule has 6 saturated carbocycles. The molecule has 3 aromatic carbocycles. The molecule has 0 heterocycles. The highest BCUT2D eigenvalue weighted by molar-refractivity contribution is 5.32. The monoisotopic (exact) mass is 1210 g/mol. The fourth-order valence-corrected chi connectivity index (χ4v) is 15.6. The van der Waals surface area contributed by atoms with Gasteiger partial charge in [0, 0.05) is 53.1 Å². The highest BCUT2D eigenvalue weighted by Crippen LogP contribution is 2.50. The largest absolute Gasteiger partial charge is 0.432 e. The van der Waals surface area contributed by atoms with E-state index < -0.39 is 88.2 Å². The van der Waals surface area contributed by atoms with Crippen LogP contribution >= 0.6 is 0 Å². The summed E-state index contributed by atoms with van der Waals surface area (Å²) in [5, 5.41) is 0. The van der Waals surface area contributed by atoms with Gasteiger partial charge in [-0.1, -0.05) is 104 Å². The molecule has 85 heavy (non-hydrogen) atoms. The Balaban J connectivity index is 0.000000183. The topological polar surface area (TPSA) is 27.7 Å². The quantitative estimate of drug-likeness (QED) is 0.0884. The van der Waals surface area contributed by atoms with Crippen LogP contribution in [0.1, 0.15) is 237 Å². The van der Waals surface area contributed by atoms with E-state index in [1.807, 2.05) is 0 Å². The minimum absolute atomic E-state index is 0.189. The summed E-state index contributed by atoms with van der Waals surface area (Å²) >= 11 is 0. The van der Waals surface area contributed by atoms with Crippen LogP contribution in [0.25, 0.3) is 0 Å². The molecule has 0 bridgehead atoms. The predicted molar refractivity (Wildman–Crippen MR) is 312 cm³/mol. The first-order chi connectivity index (χ1) is 40.4. The summed E-state index contributed by atoms with van der Waals surface area (Å²) in [6.45, 7) is 10.5. The van der Waals surface area contributed by atoms with Crippen molar-refractivity contribution in [2.75, 3.05) is 0 Å². The van der Waals surface area contributed by atoms with Crippen LogP contribution in [0.5, 0.6) is 17.2 Å². The van der Waals surface area contributed by atoms with Gasteiger partial charge >= 0.3 is 18.3 Å². The molecule has 0 saturated heterocycles. The van der Waals surface area contributed by atoms with E-state index in [-0.39, 0.29) is 16.7 Å². The van der Waals surface area contributed by atoms with Crippen LogP contribution in [0.2, 0.25) is 0 Å². The Morgan fingerprint density at radius 2 is 0.553 bits per heavy atom. The van der Waals surface area contributed by atoms with Crippen molar-refractivity contribution in [3.63, 3.8) is 0 Å². The van der Waals surface area contributed by atoms with Crippen LogP contribution in [0.3, 0.4) is 0 Å². The van der Waals surface area contributed by atoms with E-state index in [9.17, 15) is 52.7 Å². The van der Waals surface area contributed by atoms with Gasteiger partial charge in [0.15, 0.2) is 0 Å². The number of ether oxygens (including phenoxy) is 3. The van der Waals surface area contributed by atoms with Gasteiger partial charge in [0.1, 0.15) is 52.2 Å². The molecule has 3 nitrogen and oxygen atoms in total. The van der Waals surface area contributed by atoms with E-state index in [1.54, 1.807) is 0 Å². The van der Waals surface area contributed by atoms with Crippen molar-refractivity contribution in [1.82, 2.24) is 0 Å². The Kier molecular flexibility index (Phi) is 25.5. The van der Waals surface area contributed by atoms with Crippen molar-refractivity contribution in [2.45, 2.75) is 259 Å². The van der Waals surface area contributed by atoms with Crippen molar-refractivity contribution < 1.29 is 66.9 Å². The second kappa shape index (κ2) is 31.6. The molecule has 15 heteroatoms. The van der Waals surface area contributed by atoms with Crippen molar-refractivity contribution in [3.8, 4) is 17.2 Å². The first kappa shape index (κ1) is 68.7. The second-order valence-corrected chi connectivity index (χ2v) is 26.9. The highest BCUT2D eigenvalue weighted by atomic mass is 19.3. The number of halogens is 12. The Morgan fingerprint density at radius 3 is 0.788 bits per heavy atom. The van der Waals surface area contributed by atoms with Crippen molar-refractivity contribution in [3.05, 3.63) is 88.0 Å². The van der Waals surface area contributed by atoms with Gasteiger partial charge in [0.2, 0.25) is 0 Å². The lowest BCUT2D eigenvalue weighted by Crippen LogP contribution is -2.38. The maximum absolute atomic E-state index is 14.7. The van der Waals surface area contributed by atoms with Gasteiger partial charge in [-0.15, -0.1) is 0 Å². The van der Waals surface area contributed by atoms with Gasteiger partial charge in [-0.3, -0.25) is 0 Å². The molecule has 0 spiro atoms. The normalized spacial score (nSPS) is 28.7. The zero-order valence-electron chi connectivity index (χ0n) is 51.6.